The fourth-order valence-electron chi connectivity index (χ4n) is 4.50. The summed E-state index contributed by atoms with van der Waals surface area (Å²) in [5, 5.41) is 0. The van der Waals surface area contributed by atoms with Crippen LogP contribution in [0.3, 0.4) is 0 Å². The Morgan fingerprint density at radius 1 is 0.596 bits per heavy atom. The van der Waals surface area contributed by atoms with Crippen molar-refractivity contribution in [2.75, 3.05) is 0 Å². The molecule has 0 bridgehead atoms. The predicted molar refractivity (Wildman–Crippen MR) is 240 cm³/mol. The van der Waals surface area contributed by atoms with Gasteiger partial charge >= 0.3 is 0 Å². The van der Waals surface area contributed by atoms with Gasteiger partial charge in [0.25, 0.3) is 0 Å². The fourth-order valence-corrected chi connectivity index (χ4v) is 4.50. The topological polar surface area (TPSA) is 49.4 Å². The molecule has 0 saturated carbocycles. The third-order valence-electron chi connectivity index (χ3n) is 6.93. The molecule has 2 aliphatic heterocycles. The summed E-state index contributed by atoms with van der Waals surface area (Å²) in [6, 6.07) is 30.6. The zero-order chi connectivity index (χ0) is 39.2. The van der Waals surface area contributed by atoms with Gasteiger partial charge in [0.05, 0.1) is 11.4 Å². The minimum Gasteiger partial charge on any atom is -0.251 e. The van der Waals surface area contributed by atoms with Gasteiger partial charge in [-0.3, -0.25) is 9.98 Å². The second-order valence-electron chi connectivity index (χ2n) is 9.55. The number of benzene rings is 3. The Labute approximate surface area is 320 Å². The van der Waals surface area contributed by atoms with Crippen LogP contribution < -0.4 is 0 Å². The van der Waals surface area contributed by atoms with Crippen LogP contribution in [-0.4, -0.2) is 29.1 Å². The van der Waals surface area contributed by atoms with Crippen LogP contribution in [0, 0.1) is 0 Å². The number of allylic oxidation sites excluding steroid dienone is 2. The first kappa shape index (κ1) is 51.4. The average molecular weight is 703 g/mol. The van der Waals surface area contributed by atoms with Crippen molar-refractivity contribution >= 4 is 23.1 Å². The quantitative estimate of drug-likeness (QED) is 0.210. The van der Waals surface area contributed by atoms with Crippen molar-refractivity contribution in [3.05, 3.63) is 168 Å². The molecule has 3 aromatic carbocycles. The zero-order valence-corrected chi connectivity index (χ0v) is 34.0. The molecule has 0 aromatic heterocycles. The molecule has 2 unspecified atom stereocenters. The van der Waals surface area contributed by atoms with Gasteiger partial charge in [0, 0.05) is 11.1 Å². The van der Waals surface area contributed by atoms with Crippen molar-refractivity contribution in [1.29, 1.82) is 0 Å². The number of hydrogen-bond acceptors (Lipinski definition) is 4. The summed E-state index contributed by atoms with van der Waals surface area (Å²) < 4.78 is 0. The molecule has 0 amide bonds. The summed E-state index contributed by atoms with van der Waals surface area (Å²) in [6.07, 6.45) is 7.49. The Hall–Kier alpha value is -4.96. The molecule has 52 heavy (non-hydrogen) atoms. The molecule has 282 valence electrons. The fraction of sp³-hybridized carbons (Fsp3) is 0.333. The maximum atomic E-state index is 4.90. The molecule has 3 aromatic rings. The van der Waals surface area contributed by atoms with E-state index in [0.29, 0.717) is 0 Å². The summed E-state index contributed by atoms with van der Waals surface area (Å²) >= 11 is 0. The van der Waals surface area contributed by atoms with E-state index in [1.54, 1.807) is 12.2 Å². The van der Waals surface area contributed by atoms with Crippen molar-refractivity contribution < 1.29 is 0 Å². The van der Waals surface area contributed by atoms with Crippen LogP contribution in [0.25, 0.3) is 0 Å². The molecule has 2 aliphatic rings. The second kappa shape index (κ2) is 32.0. The van der Waals surface area contributed by atoms with Gasteiger partial charge in [-0.25, -0.2) is 9.98 Å². The lowest BCUT2D eigenvalue weighted by molar-refractivity contribution is 0.986. The van der Waals surface area contributed by atoms with E-state index >= 15 is 0 Å². The Bertz CT molecular complexity index is 1590. The van der Waals surface area contributed by atoms with Crippen molar-refractivity contribution in [3.8, 4) is 0 Å². The molecule has 5 rings (SSSR count). The molecule has 0 fully saturated rings. The molecule has 0 N–H and O–H groups in total. The van der Waals surface area contributed by atoms with Gasteiger partial charge in [-0.05, 0) is 43.0 Å². The van der Waals surface area contributed by atoms with Gasteiger partial charge in [0.1, 0.15) is 12.1 Å². The summed E-state index contributed by atoms with van der Waals surface area (Å²) in [6.45, 7) is 37.5. The van der Waals surface area contributed by atoms with E-state index < -0.39 is 0 Å². The first-order valence-electron chi connectivity index (χ1n) is 18.7. The van der Waals surface area contributed by atoms with E-state index in [0.717, 1.165) is 50.9 Å². The van der Waals surface area contributed by atoms with Crippen LogP contribution in [0.2, 0.25) is 0 Å². The minimum absolute atomic E-state index is 0. The van der Waals surface area contributed by atoms with E-state index in [1.807, 2.05) is 157 Å². The lowest BCUT2D eigenvalue weighted by Gasteiger charge is -2.11. The number of hydrogen-bond donors (Lipinski definition) is 0. The number of aliphatic imine (C=N–C) groups is 4. The third-order valence-corrected chi connectivity index (χ3v) is 6.93. The highest BCUT2D eigenvalue weighted by atomic mass is 15.0. The monoisotopic (exact) mass is 703 g/mol. The van der Waals surface area contributed by atoms with Crippen LogP contribution in [0.4, 0.5) is 0 Å². The lowest BCUT2D eigenvalue weighted by atomic mass is 9.98. The molecular formula is C48H70N4. The molecule has 4 nitrogen and oxygen atoms in total. The van der Waals surface area contributed by atoms with Crippen LogP contribution in [0.5, 0.6) is 0 Å². The normalized spacial score (nSPS) is 15.0. The smallest absolute Gasteiger partial charge is 0.155 e. The third kappa shape index (κ3) is 15.5. The van der Waals surface area contributed by atoms with E-state index in [4.69, 9.17) is 9.98 Å². The Kier molecular flexibility index (Phi) is 31.6. The summed E-state index contributed by atoms with van der Waals surface area (Å²) in [7, 11) is 0. The number of rotatable bonds is 8. The van der Waals surface area contributed by atoms with E-state index in [-0.39, 0.29) is 19.5 Å². The highest BCUT2D eigenvalue weighted by Crippen LogP contribution is 2.29. The Morgan fingerprint density at radius 3 is 1.48 bits per heavy atom. The van der Waals surface area contributed by atoms with E-state index in [2.05, 4.69) is 66.1 Å². The lowest BCUT2D eigenvalue weighted by Crippen LogP contribution is -2.17. The maximum absolute atomic E-state index is 4.90. The summed E-state index contributed by atoms with van der Waals surface area (Å²) in [5.74, 6) is 1.52. The molecule has 0 saturated heterocycles. The molecular weight excluding hydrogens is 633 g/mol. The van der Waals surface area contributed by atoms with Crippen LogP contribution >= 0.6 is 0 Å². The zero-order valence-electron chi connectivity index (χ0n) is 34.0. The Morgan fingerprint density at radius 2 is 1.06 bits per heavy atom. The van der Waals surface area contributed by atoms with Crippen LogP contribution in [-0.2, 0) is 0 Å². The Balaban J connectivity index is -0.000000748. The second-order valence-corrected chi connectivity index (χ2v) is 9.55. The molecule has 2 atom stereocenters. The van der Waals surface area contributed by atoms with Gasteiger partial charge in [-0.1, -0.05) is 212 Å². The van der Waals surface area contributed by atoms with Gasteiger partial charge in [0.2, 0.25) is 0 Å². The number of amidine groups is 2. The number of nitrogens with zero attached hydrogens (tertiary/aromatic N) is 4. The molecule has 0 radical (unpaired) electrons. The SMILES string of the molecule is C.C=CC(=C)C1N=C(/C(C=C)=C/C)N=C1/C(C)=C/C.CC.CC.CC.CC.CC.c1ccc(C2=NC(c3ccccc3)C(c3ccccc3)=N2)cc1. The van der Waals surface area contributed by atoms with Gasteiger partial charge in [-0.2, -0.15) is 0 Å². The van der Waals surface area contributed by atoms with Crippen LogP contribution in [0.15, 0.2) is 172 Å². The predicted octanol–water partition coefficient (Wildman–Crippen LogP) is 14.5. The van der Waals surface area contributed by atoms with E-state index in [1.165, 1.54) is 5.56 Å². The molecule has 2 heterocycles. The first-order valence-corrected chi connectivity index (χ1v) is 18.7. The molecule has 0 spiro atoms. The van der Waals surface area contributed by atoms with Gasteiger partial charge in [-0.15, -0.1) is 0 Å². The largest absolute Gasteiger partial charge is 0.251 e. The highest BCUT2D eigenvalue weighted by Gasteiger charge is 2.27. The van der Waals surface area contributed by atoms with Gasteiger partial charge < -0.3 is 0 Å². The summed E-state index contributed by atoms with van der Waals surface area (Å²) in [4.78, 5) is 19.0. The maximum Gasteiger partial charge on any atom is 0.155 e. The summed E-state index contributed by atoms with van der Waals surface area (Å²) in [5.41, 5.74) is 8.21. The van der Waals surface area contributed by atoms with E-state index in [9.17, 15) is 0 Å². The van der Waals surface area contributed by atoms with Crippen molar-refractivity contribution in [1.82, 2.24) is 0 Å². The standard InChI is InChI=1S/C21H16N2.C16H20N2.5C2H6.CH4/c1-4-10-16(11-5-1)19-20(17-12-6-2-7-13-17)23-21(22-19)18-14-8-3-9-15-18;1-7-11(5)14-15(12(6)8-2)18-16(17-14)13(9-3)10-4;5*1-2;/h1-15,19H;7-10,14H,1,3,5H2,2,4,6H3;5*1-2H3;1H4/b;12-8+,13-10+;;;;;;. The van der Waals surface area contributed by atoms with Crippen molar-refractivity contribution in [2.45, 2.75) is 110 Å². The van der Waals surface area contributed by atoms with Crippen molar-refractivity contribution in [2.24, 2.45) is 20.0 Å². The van der Waals surface area contributed by atoms with Crippen LogP contribution in [0.1, 0.15) is 120 Å². The molecule has 4 heteroatoms. The minimum atomic E-state index is -0.122. The molecule has 0 aliphatic carbocycles. The highest BCUT2D eigenvalue weighted by molar-refractivity contribution is 6.20. The first-order chi connectivity index (χ1) is 25.0. The van der Waals surface area contributed by atoms with Gasteiger partial charge in [0.15, 0.2) is 11.7 Å². The van der Waals surface area contributed by atoms with Crippen molar-refractivity contribution in [3.63, 3.8) is 0 Å². The average Bonchev–Trinajstić information content (AvgIpc) is 3.89.